The summed E-state index contributed by atoms with van der Waals surface area (Å²) in [4.78, 5) is 33.8. The topological polar surface area (TPSA) is 92.8 Å². The van der Waals surface area contributed by atoms with Crippen molar-refractivity contribution in [2.45, 2.75) is 38.0 Å². The molecule has 172 valence electrons. The minimum absolute atomic E-state index is 0.0135. The molecule has 0 spiro atoms. The number of hydrogen-bond acceptors (Lipinski definition) is 5. The van der Waals surface area contributed by atoms with Crippen LogP contribution in [-0.4, -0.2) is 45.2 Å². The van der Waals surface area contributed by atoms with Crippen LogP contribution in [0.2, 0.25) is 0 Å². The summed E-state index contributed by atoms with van der Waals surface area (Å²) in [6.45, 7) is 5.32. The molecule has 32 heavy (non-hydrogen) atoms. The van der Waals surface area contributed by atoms with Gasteiger partial charge in [0.2, 0.25) is 0 Å². The molecule has 0 bridgehead atoms. The number of amides is 1. The smallest absolute Gasteiger partial charge is 0.262 e. The zero-order chi connectivity index (χ0) is 23.3. The van der Waals surface area contributed by atoms with Gasteiger partial charge in [0.05, 0.1) is 12.0 Å². The number of rotatable bonds is 8. The summed E-state index contributed by atoms with van der Waals surface area (Å²) in [5.41, 5.74) is 2.37. The van der Waals surface area contributed by atoms with Gasteiger partial charge in [-0.25, -0.2) is 8.42 Å². The van der Waals surface area contributed by atoms with E-state index in [4.69, 9.17) is 0 Å². The van der Waals surface area contributed by atoms with Gasteiger partial charge in [0.1, 0.15) is 0 Å². The van der Waals surface area contributed by atoms with E-state index in [2.05, 4.69) is 18.7 Å². The van der Waals surface area contributed by atoms with E-state index >= 15 is 0 Å². The summed E-state index contributed by atoms with van der Waals surface area (Å²) >= 11 is 0. The SMILES string of the molecule is CONS(=O)(=O)c1ccc(C(=O)N2CCC(C(=O)c3ccc(CC(C)C)cc3)CC2)cc1. The number of nitrogens with one attached hydrogen (secondary N) is 1. The molecule has 1 saturated heterocycles. The molecule has 3 rings (SSSR count). The van der Waals surface area contributed by atoms with Crippen LogP contribution in [-0.2, 0) is 21.3 Å². The molecule has 0 aliphatic carbocycles. The fraction of sp³-hybridized carbons (Fsp3) is 0.417. The minimum Gasteiger partial charge on any atom is -0.339 e. The molecule has 0 radical (unpaired) electrons. The van der Waals surface area contributed by atoms with Gasteiger partial charge in [-0.15, -0.1) is 0 Å². The van der Waals surface area contributed by atoms with Gasteiger partial charge in [-0.05, 0) is 55.0 Å². The van der Waals surface area contributed by atoms with Crippen LogP contribution in [0.3, 0.4) is 0 Å². The van der Waals surface area contributed by atoms with Crippen molar-refractivity contribution in [3.63, 3.8) is 0 Å². The Morgan fingerprint density at radius 2 is 1.56 bits per heavy atom. The van der Waals surface area contributed by atoms with E-state index in [0.717, 1.165) is 12.0 Å². The van der Waals surface area contributed by atoms with Gasteiger partial charge in [0.15, 0.2) is 5.78 Å². The normalized spacial score (nSPS) is 15.2. The Kier molecular flexibility index (Phi) is 7.82. The van der Waals surface area contributed by atoms with E-state index in [1.165, 1.54) is 36.9 Å². The molecular weight excluding hydrogens is 428 g/mol. The first kappa shape index (κ1) is 24.1. The predicted molar refractivity (Wildman–Crippen MR) is 122 cm³/mol. The highest BCUT2D eigenvalue weighted by molar-refractivity contribution is 7.89. The fourth-order valence-electron chi connectivity index (χ4n) is 3.97. The van der Waals surface area contributed by atoms with Crippen molar-refractivity contribution in [2.24, 2.45) is 11.8 Å². The number of hydrogen-bond donors (Lipinski definition) is 1. The lowest BCUT2D eigenvalue weighted by molar-refractivity contribution is 0.0650. The first-order valence-corrected chi connectivity index (χ1v) is 12.3. The lowest BCUT2D eigenvalue weighted by atomic mass is 9.88. The van der Waals surface area contributed by atoms with Gasteiger partial charge in [-0.1, -0.05) is 43.0 Å². The van der Waals surface area contributed by atoms with Crippen LogP contribution in [0.1, 0.15) is 53.0 Å². The molecular formula is C24H30N2O5S. The summed E-state index contributed by atoms with van der Waals surface area (Å²) in [5.74, 6) is 0.440. The van der Waals surface area contributed by atoms with Crippen molar-refractivity contribution in [1.29, 1.82) is 0 Å². The van der Waals surface area contributed by atoms with Crippen LogP contribution in [0.15, 0.2) is 53.4 Å². The van der Waals surface area contributed by atoms with E-state index in [1.54, 1.807) is 4.90 Å². The Labute approximate surface area is 189 Å². The van der Waals surface area contributed by atoms with Crippen molar-refractivity contribution in [2.75, 3.05) is 20.2 Å². The maximum Gasteiger partial charge on any atom is 0.262 e. The largest absolute Gasteiger partial charge is 0.339 e. The number of carbonyl (C=O) groups excluding carboxylic acids is 2. The summed E-state index contributed by atoms with van der Waals surface area (Å²) in [6, 6.07) is 13.6. The van der Waals surface area contributed by atoms with Gasteiger partial charge >= 0.3 is 0 Å². The van der Waals surface area contributed by atoms with E-state index < -0.39 is 10.0 Å². The Hall–Kier alpha value is -2.55. The molecule has 1 aliphatic heterocycles. The quantitative estimate of drug-likeness (QED) is 0.483. The summed E-state index contributed by atoms with van der Waals surface area (Å²) in [7, 11) is -2.55. The van der Waals surface area contributed by atoms with Crippen LogP contribution in [0.5, 0.6) is 0 Å². The summed E-state index contributed by atoms with van der Waals surface area (Å²) < 4.78 is 23.9. The molecule has 1 N–H and O–H groups in total. The Morgan fingerprint density at radius 1 is 1.00 bits per heavy atom. The maximum absolute atomic E-state index is 12.9. The third-order valence-electron chi connectivity index (χ3n) is 5.64. The van der Waals surface area contributed by atoms with Gasteiger partial charge in [0, 0.05) is 30.1 Å². The van der Waals surface area contributed by atoms with E-state index in [-0.39, 0.29) is 22.5 Å². The van der Waals surface area contributed by atoms with Crippen molar-refractivity contribution >= 4 is 21.7 Å². The van der Waals surface area contributed by atoms with Crippen LogP contribution in [0, 0.1) is 11.8 Å². The van der Waals surface area contributed by atoms with Crippen LogP contribution >= 0.6 is 0 Å². The van der Waals surface area contributed by atoms with Crippen molar-refractivity contribution in [3.8, 4) is 0 Å². The third-order valence-corrected chi connectivity index (χ3v) is 6.92. The number of nitrogens with zero attached hydrogens (tertiary/aromatic N) is 1. The van der Waals surface area contributed by atoms with Crippen LogP contribution in [0.25, 0.3) is 0 Å². The summed E-state index contributed by atoms with van der Waals surface area (Å²) in [6.07, 6.45) is 2.22. The lowest BCUT2D eigenvalue weighted by Crippen LogP contribution is -2.40. The number of piperidine rings is 1. The third kappa shape index (κ3) is 5.82. The van der Waals surface area contributed by atoms with E-state index in [9.17, 15) is 18.0 Å². The van der Waals surface area contributed by atoms with Crippen LogP contribution < -0.4 is 4.89 Å². The highest BCUT2D eigenvalue weighted by atomic mass is 32.2. The zero-order valence-corrected chi connectivity index (χ0v) is 19.5. The van der Waals surface area contributed by atoms with Gasteiger partial charge < -0.3 is 4.90 Å². The number of carbonyl (C=O) groups is 2. The molecule has 2 aromatic rings. The lowest BCUT2D eigenvalue weighted by Gasteiger charge is -2.31. The first-order valence-electron chi connectivity index (χ1n) is 10.8. The van der Waals surface area contributed by atoms with Gasteiger partial charge in [0.25, 0.3) is 15.9 Å². The van der Waals surface area contributed by atoms with E-state index in [1.807, 2.05) is 29.2 Å². The summed E-state index contributed by atoms with van der Waals surface area (Å²) in [5, 5.41) is 0. The van der Waals surface area contributed by atoms with Crippen molar-refractivity contribution in [1.82, 2.24) is 9.79 Å². The first-order chi connectivity index (χ1) is 15.2. The highest BCUT2D eigenvalue weighted by Gasteiger charge is 2.28. The molecule has 7 nitrogen and oxygen atoms in total. The molecule has 0 saturated carbocycles. The Morgan fingerprint density at radius 3 is 2.09 bits per heavy atom. The van der Waals surface area contributed by atoms with E-state index in [0.29, 0.717) is 37.4 Å². The molecule has 8 heteroatoms. The number of Topliss-reactive ketones (excluding diaryl/α,β-unsaturated/α-hetero) is 1. The van der Waals surface area contributed by atoms with Crippen LogP contribution in [0.4, 0.5) is 0 Å². The number of benzene rings is 2. The van der Waals surface area contributed by atoms with Crippen molar-refractivity contribution < 1.29 is 22.8 Å². The molecule has 1 fully saturated rings. The molecule has 2 aromatic carbocycles. The zero-order valence-electron chi connectivity index (χ0n) is 18.7. The molecule has 1 amide bonds. The minimum atomic E-state index is -3.76. The number of ketones is 1. The van der Waals surface area contributed by atoms with Gasteiger partial charge in [-0.3, -0.25) is 14.4 Å². The Bertz CT molecular complexity index is 1040. The fourth-order valence-corrected chi connectivity index (χ4v) is 4.78. The molecule has 0 unspecified atom stereocenters. The average molecular weight is 459 g/mol. The highest BCUT2D eigenvalue weighted by Crippen LogP contribution is 2.24. The predicted octanol–water partition coefficient (Wildman–Crippen LogP) is 3.46. The number of likely N-dealkylation sites (tertiary alicyclic amines) is 1. The standard InChI is InChI=1S/C24H30N2O5S/c1-17(2)16-18-4-6-19(7-5-18)23(27)20-12-14-26(15-13-20)24(28)21-8-10-22(11-9-21)32(29,30)25-31-3/h4-11,17,20,25H,12-16H2,1-3H3. The monoisotopic (exact) mass is 458 g/mol. The second-order valence-corrected chi connectivity index (χ2v) is 10.2. The van der Waals surface area contributed by atoms with Gasteiger partial charge in [-0.2, -0.15) is 0 Å². The molecule has 1 aliphatic rings. The Balaban J connectivity index is 1.58. The maximum atomic E-state index is 12.9. The molecule has 0 aromatic heterocycles. The van der Waals surface area contributed by atoms with Crippen molar-refractivity contribution in [3.05, 3.63) is 65.2 Å². The molecule has 1 heterocycles. The second-order valence-electron chi connectivity index (χ2n) is 8.54. The molecule has 0 atom stereocenters. The number of sulfonamides is 1. The second kappa shape index (κ2) is 10.4. The average Bonchev–Trinajstić information content (AvgIpc) is 2.78.